The van der Waals surface area contributed by atoms with E-state index in [-0.39, 0.29) is 17.8 Å². The third-order valence-corrected chi connectivity index (χ3v) is 9.84. The van der Waals surface area contributed by atoms with Gasteiger partial charge in [-0.05, 0) is 74.0 Å². The summed E-state index contributed by atoms with van der Waals surface area (Å²) in [5.74, 6) is -0.309. The van der Waals surface area contributed by atoms with Gasteiger partial charge < -0.3 is 24.0 Å². The van der Waals surface area contributed by atoms with Crippen LogP contribution in [0.4, 0.5) is 11.4 Å². The molecule has 0 spiro atoms. The number of piperazine rings is 1. The summed E-state index contributed by atoms with van der Waals surface area (Å²) in [6.45, 7) is 8.63. The van der Waals surface area contributed by atoms with Gasteiger partial charge in [0.15, 0.2) is 0 Å². The fraction of sp³-hybridized carbons (Fsp3) is 0.342. The number of benzene rings is 3. The Morgan fingerprint density at radius 3 is 2.24 bits per heavy atom. The van der Waals surface area contributed by atoms with Crippen LogP contribution in [0.2, 0.25) is 0 Å². The van der Waals surface area contributed by atoms with Crippen LogP contribution in [0.15, 0.2) is 109 Å². The fourth-order valence-corrected chi connectivity index (χ4v) is 6.86. The molecule has 2 aliphatic heterocycles. The first-order valence-electron chi connectivity index (χ1n) is 17.5. The number of nitrogens with zero attached hydrogens (tertiary/aromatic N) is 9. The van der Waals surface area contributed by atoms with Crippen molar-refractivity contribution in [3.63, 3.8) is 0 Å². The molecule has 0 N–H and O–H groups in total. The largest absolute Gasteiger partial charge is 0.491 e. The van der Waals surface area contributed by atoms with Crippen LogP contribution in [0.25, 0.3) is 16.6 Å². The average molecular weight is 688 g/mol. The standard InChI is InChI=1S/C38H41N9O4/c1-3-28(2)47-37(48)45(27-42-47)31-11-9-29(10-12-31)43-20-22-44(23-21-43)30-13-15-32(16-14-30)49-24-33-25-50-38(51-33,26-46-40-18-19-41-46)35-7-4-8-36-34(35)6-5-17-39-36/h4-19,27-28,33H,3,20-26H2,1-2H3/t28?,33-,38-/m1/s1. The molecular formula is C38H41N9O4. The summed E-state index contributed by atoms with van der Waals surface area (Å²) in [5, 5.41) is 13.9. The molecule has 5 heterocycles. The van der Waals surface area contributed by atoms with E-state index < -0.39 is 5.79 Å². The van der Waals surface area contributed by atoms with Gasteiger partial charge >= 0.3 is 5.69 Å². The van der Waals surface area contributed by atoms with Crippen molar-refractivity contribution in [1.29, 1.82) is 0 Å². The van der Waals surface area contributed by atoms with E-state index in [0.29, 0.717) is 19.8 Å². The fourth-order valence-electron chi connectivity index (χ4n) is 6.86. The second-order valence-corrected chi connectivity index (χ2v) is 13.0. The molecule has 2 fully saturated rings. The SMILES string of the molecule is CCC(C)n1ncn(-c2ccc(N3CCN(c4ccc(OC[C@@H]5CO[C@@](Cn6nccn6)(c6cccc7ncccc67)O5)cc4)CC3)cc2)c1=O. The summed E-state index contributed by atoms with van der Waals surface area (Å²) in [7, 11) is 0. The zero-order valence-corrected chi connectivity index (χ0v) is 28.8. The predicted octanol–water partition coefficient (Wildman–Crippen LogP) is 4.82. The normalized spacial score (nSPS) is 19.8. The molecule has 2 saturated heterocycles. The molecule has 3 aromatic carbocycles. The Morgan fingerprint density at radius 2 is 1.53 bits per heavy atom. The molecule has 2 aliphatic rings. The number of rotatable bonds is 11. The van der Waals surface area contributed by atoms with Crippen LogP contribution in [-0.2, 0) is 21.8 Å². The summed E-state index contributed by atoms with van der Waals surface area (Å²) >= 11 is 0. The van der Waals surface area contributed by atoms with Gasteiger partial charge in [0.1, 0.15) is 31.3 Å². The third kappa shape index (κ3) is 6.57. The molecule has 0 radical (unpaired) electrons. The number of fused-ring (bicyclic) bond motifs is 1. The molecule has 3 aromatic heterocycles. The van der Waals surface area contributed by atoms with E-state index in [1.807, 2.05) is 61.5 Å². The highest BCUT2D eigenvalue weighted by atomic mass is 16.8. The summed E-state index contributed by atoms with van der Waals surface area (Å²) in [6, 6.07) is 26.4. The average Bonchev–Trinajstić information content (AvgIpc) is 3.95. The first kappa shape index (κ1) is 32.7. The molecule has 0 saturated carbocycles. The lowest BCUT2D eigenvalue weighted by molar-refractivity contribution is -0.191. The maximum Gasteiger partial charge on any atom is 0.350 e. The minimum Gasteiger partial charge on any atom is -0.491 e. The number of aromatic nitrogens is 7. The molecule has 262 valence electrons. The summed E-state index contributed by atoms with van der Waals surface area (Å²) in [5.41, 5.74) is 4.76. The summed E-state index contributed by atoms with van der Waals surface area (Å²) < 4.78 is 22.4. The Balaban J connectivity index is 0.867. The number of ether oxygens (including phenoxy) is 3. The van der Waals surface area contributed by atoms with Crippen molar-refractivity contribution in [2.75, 3.05) is 49.2 Å². The highest BCUT2D eigenvalue weighted by molar-refractivity contribution is 5.82. The van der Waals surface area contributed by atoms with Crippen molar-refractivity contribution < 1.29 is 14.2 Å². The Morgan fingerprint density at radius 1 is 0.843 bits per heavy atom. The van der Waals surface area contributed by atoms with Crippen molar-refractivity contribution in [2.24, 2.45) is 0 Å². The van der Waals surface area contributed by atoms with Crippen LogP contribution in [0, 0.1) is 0 Å². The van der Waals surface area contributed by atoms with E-state index in [1.165, 1.54) is 0 Å². The van der Waals surface area contributed by atoms with Crippen LogP contribution in [-0.4, -0.2) is 79.8 Å². The quantitative estimate of drug-likeness (QED) is 0.188. The molecule has 1 unspecified atom stereocenters. The molecule has 3 atom stereocenters. The zero-order chi connectivity index (χ0) is 34.8. The minimum absolute atomic E-state index is 0.0674. The summed E-state index contributed by atoms with van der Waals surface area (Å²) in [4.78, 5) is 23.7. The Bertz CT molecular complexity index is 2120. The first-order chi connectivity index (χ1) is 25.0. The second-order valence-electron chi connectivity index (χ2n) is 13.0. The van der Waals surface area contributed by atoms with Crippen molar-refractivity contribution >= 4 is 22.3 Å². The predicted molar refractivity (Wildman–Crippen MR) is 193 cm³/mol. The number of anilines is 2. The summed E-state index contributed by atoms with van der Waals surface area (Å²) in [6.07, 6.45) is 7.24. The van der Waals surface area contributed by atoms with Gasteiger partial charge in [-0.2, -0.15) is 20.1 Å². The molecule has 0 aliphatic carbocycles. The van der Waals surface area contributed by atoms with Gasteiger partial charge in [-0.1, -0.05) is 25.1 Å². The molecule has 6 aromatic rings. The van der Waals surface area contributed by atoms with Crippen molar-refractivity contribution in [2.45, 2.75) is 44.7 Å². The molecular weight excluding hydrogens is 646 g/mol. The van der Waals surface area contributed by atoms with E-state index in [1.54, 1.807) is 39.0 Å². The highest BCUT2D eigenvalue weighted by Gasteiger charge is 2.45. The Kier molecular flexibility index (Phi) is 8.97. The van der Waals surface area contributed by atoms with E-state index in [0.717, 1.165) is 71.9 Å². The lowest BCUT2D eigenvalue weighted by Crippen LogP contribution is -2.46. The molecule has 0 bridgehead atoms. The smallest absolute Gasteiger partial charge is 0.350 e. The first-order valence-corrected chi connectivity index (χ1v) is 17.5. The molecule has 13 nitrogen and oxygen atoms in total. The molecule has 51 heavy (non-hydrogen) atoms. The Hall–Kier alpha value is -5.53. The molecule has 13 heteroatoms. The van der Waals surface area contributed by atoms with Crippen molar-refractivity contribution in [3.8, 4) is 11.4 Å². The van der Waals surface area contributed by atoms with Crippen LogP contribution in [0.3, 0.4) is 0 Å². The van der Waals surface area contributed by atoms with E-state index in [9.17, 15) is 4.79 Å². The lowest BCUT2D eigenvalue weighted by Gasteiger charge is -2.37. The highest BCUT2D eigenvalue weighted by Crippen LogP contribution is 2.39. The van der Waals surface area contributed by atoms with Crippen molar-refractivity contribution in [3.05, 3.63) is 120 Å². The minimum atomic E-state index is -1.08. The number of hydrogen-bond donors (Lipinski definition) is 0. The van der Waals surface area contributed by atoms with Crippen LogP contribution < -0.4 is 20.2 Å². The van der Waals surface area contributed by atoms with Gasteiger partial charge in [0.2, 0.25) is 5.79 Å². The van der Waals surface area contributed by atoms with Crippen LogP contribution in [0.1, 0.15) is 31.9 Å². The zero-order valence-electron chi connectivity index (χ0n) is 28.8. The van der Waals surface area contributed by atoms with Gasteiger partial charge in [-0.25, -0.2) is 14.0 Å². The van der Waals surface area contributed by atoms with E-state index >= 15 is 0 Å². The van der Waals surface area contributed by atoms with Crippen LogP contribution in [0.5, 0.6) is 5.75 Å². The van der Waals surface area contributed by atoms with Crippen molar-refractivity contribution in [1.82, 2.24) is 34.3 Å². The van der Waals surface area contributed by atoms with Gasteiger partial charge in [-0.15, -0.1) is 0 Å². The lowest BCUT2D eigenvalue weighted by atomic mass is 10.00. The van der Waals surface area contributed by atoms with E-state index in [4.69, 9.17) is 14.2 Å². The maximum atomic E-state index is 12.8. The van der Waals surface area contributed by atoms with Gasteiger partial charge in [0, 0.05) is 54.7 Å². The van der Waals surface area contributed by atoms with Crippen LogP contribution >= 0.6 is 0 Å². The van der Waals surface area contributed by atoms with Gasteiger partial charge in [0.25, 0.3) is 0 Å². The van der Waals surface area contributed by atoms with E-state index in [2.05, 4.69) is 61.3 Å². The number of pyridine rings is 1. The second kappa shape index (κ2) is 14.0. The third-order valence-electron chi connectivity index (χ3n) is 9.84. The van der Waals surface area contributed by atoms with Gasteiger partial charge in [-0.3, -0.25) is 4.98 Å². The van der Waals surface area contributed by atoms with Gasteiger partial charge in [0.05, 0.1) is 36.2 Å². The number of hydrogen-bond acceptors (Lipinski definition) is 10. The maximum absolute atomic E-state index is 12.8. The Labute approximate surface area is 295 Å². The monoisotopic (exact) mass is 687 g/mol. The topological polar surface area (TPSA) is 118 Å². The molecule has 8 rings (SSSR count). The molecule has 0 amide bonds.